The number of benzene rings is 1. The van der Waals surface area contributed by atoms with Gasteiger partial charge in [-0.15, -0.1) is 0 Å². The van der Waals surface area contributed by atoms with E-state index in [0.717, 1.165) is 12.8 Å². The maximum absolute atomic E-state index is 12.4. The molecule has 1 fully saturated rings. The number of carbonyl (C=O) groups is 2. The van der Waals surface area contributed by atoms with Crippen molar-refractivity contribution in [1.82, 2.24) is 4.90 Å². The van der Waals surface area contributed by atoms with Gasteiger partial charge in [-0.25, -0.2) is 0 Å². The summed E-state index contributed by atoms with van der Waals surface area (Å²) in [6, 6.07) is 7.06. The van der Waals surface area contributed by atoms with Gasteiger partial charge in [0.15, 0.2) is 0 Å². The summed E-state index contributed by atoms with van der Waals surface area (Å²) >= 11 is 0. The summed E-state index contributed by atoms with van der Waals surface area (Å²) in [5, 5.41) is 0. The van der Waals surface area contributed by atoms with Gasteiger partial charge in [0, 0.05) is 11.6 Å². The molecule has 0 saturated heterocycles. The molecule has 1 saturated carbocycles. The van der Waals surface area contributed by atoms with Crippen LogP contribution in [0, 0.1) is 0 Å². The minimum absolute atomic E-state index is 0.0172. The summed E-state index contributed by atoms with van der Waals surface area (Å²) in [6.07, 6.45) is 1.89. The van der Waals surface area contributed by atoms with Gasteiger partial charge in [-0.3, -0.25) is 9.59 Å². The molecule has 0 aliphatic heterocycles. The molecule has 0 bridgehead atoms. The predicted molar refractivity (Wildman–Crippen MR) is 73.7 cm³/mol. The van der Waals surface area contributed by atoms with E-state index < -0.39 is 0 Å². The van der Waals surface area contributed by atoms with Gasteiger partial charge in [0.05, 0.1) is 13.7 Å². The van der Waals surface area contributed by atoms with Crippen molar-refractivity contribution < 1.29 is 19.1 Å². The second-order valence-corrected chi connectivity index (χ2v) is 4.70. The highest BCUT2D eigenvalue weighted by atomic mass is 16.5. The summed E-state index contributed by atoms with van der Waals surface area (Å²) in [6.45, 7) is 2.10. The Balaban J connectivity index is 2.07. The third-order valence-electron chi connectivity index (χ3n) is 3.19. The Bertz CT molecular complexity index is 479. The minimum Gasteiger partial charge on any atom is -0.497 e. The fourth-order valence-electron chi connectivity index (χ4n) is 2.00. The highest BCUT2D eigenvalue weighted by Gasteiger charge is 2.34. The first kappa shape index (κ1) is 14.4. The number of hydrogen-bond donors (Lipinski definition) is 0. The second-order valence-electron chi connectivity index (χ2n) is 4.70. The van der Waals surface area contributed by atoms with Crippen LogP contribution in [0.5, 0.6) is 5.75 Å². The molecule has 1 aliphatic carbocycles. The van der Waals surface area contributed by atoms with E-state index in [2.05, 4.69) is 0 Å². The number of carbonyl (C=O) groups excluding carboxylic acids is 2. The molecule has 108 valence electrons. The van der Waals surface area contributed by atoms with Crippen molar-refractivity contribution in [1.29, 1.82) is 0 Å². The normalized spacial score (nSPS) is 13.7. The molecule has 0 atom stereocenters. The average Bonchev–Trinajstić information content (AvgIpc) is 3.29. The Morgan fingerprint density at radius 3 is 2.40 bits per heavy atom. The zero-order valence-corrected chi connectivity index (χ0v) is 11.8. The van der Waals surface area contributed by atoms with E-state index in [9.17, 15) is 9.59 Å². The fraction of sp³-hybridized carbons (Fsp3) is 0.467. The van der Waals surface area contributed by atoms with Gasteiger partial charge in [0.1, 0.15) is 12.3 Å². The van der Waals surface area contributed by atoms with Crippen LogP contribution < -0.4 is 4.74 Å². The predicted octanol–water partition coefficient (Wildman–Crippen LogP) is 1.86. The zero-order valence-electron chi connectivity index (χ0n) is 11.8. The molecule has 1 aliphatic rings. The zero-order chi connectivity index (χ0) is 14.5. The van der Waals surface area contributed by atoms with E-state index in [0.29, 0.717) is 17.9 Å². The Kier molecular flexibility index (Phi) is 4.61. The lowest BCUT2D eigenvalue weighted by molar-refractivity contribution is -0.144. The topological polar surface area (TPSA) is 55.8 Å². The first-order valence-electron chi connectivity index (χ1n) is 6.76. The lowest BCUT2D eigenvalue weighted by Gasteiger charge is -2.21. The van der Waals surface area contributed by atoms with Gasteiger partial charge < -0.3 is 14.4 Å². The van der Waals surface area contributed by atoms with Gasteiger partial charge in [0.2, 0.25) is 0 Å². The summed E-state index contributed by atoms with van der Waals surface area (Å²) < 4.78 is 9.99. The van der Waals surface area contributed by atoms with Crippen LogP contribution >= 0.6 is 0 Å². The molecule has 0 N–H and O–H groups in total. The first-order valence-corrected chi connectivity index (χ1v) is 6.76. The number of amides is 1. The summed E-state index contributed by atoms with van der Waals surface area (Å²) in [5.41, 5.74) is 0.557. The molecule has 2 rings (SSSR count). The van der Waals surface area contributed by atoms with Gasteiger partial charge in [-0.2, -0.15) is 0 Å². The van der Waals surface area contributed by atoms with Crippen molar-refractivity contribution >= 4 is 11.9 Å². The van der Waals surface area contributed by atoms with Crippen LogP contribution in [-0.2, 0) is 9.53 Å². The van der Waals surface area contributed by atoms with Crippen LogP contribution in [0.4, 0.5) is 0 Å². The first-order chi connectivity index (χ1) is 9.65. The molecule has 5 heteroatoms. The van der Waals surface area contributed by atoms with Crippen molar-refractivity contribution in [2.75, 3.05) is 20.3 Å². The Morgan fingerprint density at radius 2 is 1.90 bits per heavy atom. The number of hydrogen-bond acceptors (Lipinski definition) is 4. The van der Waals surface area contributed by atoms with E-state index in [1.807, 2.05) is 0 Å². The lowest BCUT2D eigenvalue weighted by Crippen LogP contribution is -2.38. The van der Waals surface area contributed by atoms with E-state index >= 15 is 0 Å². The number of ether oxygens (including phenoxy) is 2. The highest BCUT2D eigenvalue weighted by Crippen LogP contribution is 2.28. The van der Waals surface area contributed by atoms with Crippen LogP contribution in [0.2, 0.25) is 0 Å². The summed E-state index contributed by atoms with van der Waals surface area (Å²) in [5.74, 6) is 0.203. The minimum atomic E-state index is -0.360. The van der Waals surface area contributed by atoms with E-state index in [1.54, 1.807) is 43.2 Å². The molecule has 0 spiro atoms. The Labute approximate surface area is 118 Å². The van der Waals surface area contributed by atoms with Gasteiger partial charge in [-0.05, 0) is 44.0 Å². The Morgan fingerprint density at radius 1 is 1.25 bits per heavy atom. The van der Waals surface area contributed by atoms with Crippen LogP contribution in [0.3, 0.4) is 0 Å². The van der Waals surface area contributed by atoms with Crippen LogP contribution in [0.15, 0.2) is 24.3 Å². The van der Waals surface area contributed by atoms with Crippen molar-refractivity contribution in [3.05, 3.63) is 29.8 Å². The maximum Gasteiger partial charge on any atom is 0.325 e. The summed E-state index contributed by atoms with van der Waals surface area (Å²) in [7, 11) is 1.58. The van der Waals surface area contributed by atoms with Gasteiger partial charge in [0.25, 0.3) is 5.91 Å². The molecular formula is C15H19NO4. The summed E-state index contributed by atoms with van der Waals surface area (Å²) in [4.78, 5) is 25.6. The van der Waals surface area contributed by atoms with E-state index in [-0.39, 0.29) is 24.5 Å². The van der Waals surface area contributed by atoms with Gasteiger partial charge >= 0.3 is 5.97 Å². The molecule has 0 unspecified atom stereocenters. The van der Waals surface area contributed by atoms with Crippen LogP contribution in [-0.4, -0.2) is 43.1 Å². The Hall–Kier alpha value is -2.04. The third-order valence-corrected chi connectivity index (χ3v) is 3.19. The molecule has 20 heavy (non-hydrogen) atoms. The maximum atomic E-state index is 12.4. The molecule has 5 nitrogen and oxygen atoms in total. The van der Waals surface area contributed by atoms with Crippen LogP contribution in [0.25, 0.3) is 0 Å². The number of methoxy groups -OCH3 is 1. The van der Waals surface area contributed by atoms with Crippen molar-refractivity contribution in [2.24, 2.45) is 0 Å². The molecule has 1 aromatic rings. The van der Waals surface area contributed by atoms with Crippen molar-refractivity contribution in [2.45, 2.75) is 25.8 Å². The molecule has 0 heterocycles. The monoisotopic (exact) mass is 277 g/mol. The highest BCUT2D eigenvalue weighted by molar-refractivity contribution is 5.96. The third kappa shape index (κ3) is 3.50. The second kappa shape index (κ2) is 6.41. The van der Waals surface area contributed by atoms with E-state index in [1.165, 1.54) is 0 Å². The van der Waals surface area contributed by atoms with Crippen molar-refractivity contribution in [3.63, 3.8) is 0 Å². The standard InChI is InChI=1S/C15H19NO4/c1-3-20-14(17)10-16(12-6-7-12)15(18)11-4-8-13(19-2)9-5-11/h4-5,8-9,12H,3,6-7,10H2,1-2H3. The molecule has 1 amide bonds. The van der Waals surface area contributed by atoms with Crippen LogP contribution in [0.1, 0.15) is 30.1 Å². The molecular weight excluding hydrogens is 258 g/mol. The van der Waals surface area contributed by atoms with Gasteiger partial charge in [-0.1, -0.05) is 0 Å². The SMILES string of the molecule is CCOC(=O)CN(C(=O)c1ccc(OC)cc1)C1CC1. The number of rotatable bonds is 6. The van der Waals surface area contributed by atoms with E-state index in [4.69, 9.17) is 9.47 Å². The van der Waals surface area contributed by atoms with Crippen molar-refractivity contribution in [3.8, 4) is 5.75 Å². The molecule has 1 aromatic carbocycles. The molecule has 0 aromatic heterocycles. The lowest BCUT2D eigenvalue weighted by atomic mass is 10.2. The largest absolute Gasteiger partial charge is 0.497 e. The quantitative estimate of drug-likeness (QED) is 0.745. The smallest absolute Gasteiger partial charge is 0.325 e. The fourth-order valence-corrected chi connectivity index (χ4v) is 2.00. The number of nitrogens with zero attached hydrogens (tertiary/aromatic N) is 1. The number of esters is 1. The molecule has 0 radical (unpaired) electrons. The average molecular weight is 277 g/mol.